The van der Waals surface area contributed by atoms with Gasteiger partial charge in [0.15, 0.2) is 0 Å². The fraction of sp³-hybridized carbons (Fsp3) is 0.278. The number of alkyl halides is 3. The molecule has 0 aliphatic carbocycles. The van der Waals surface area contributed by atoms with Gasteiger partial charge in [0.1, 0.15) is 0 Å². The van der Waals surface area contributed by atoms with E-state index in [1.54, 1.807) is 6.92 Å². The van der Waals surface area contributed by atoms with Crippen LogP contribution in [-0.4, -0.2) is 26.6 Å². The van der Waals surface area contributed by atoms with E-state index in [1.165, 1.54) is 47.6 Å². The van der Waals surface area contributed by atoms with Crippen LogP contribution >= 0.6 is 0 Å². The molecule has 2 aromatic carbocycles. The van der Waals surface area contributed by atoms with Crippen LogP contribution in [0.2, 0.25) is 0 Å². The van der Waals surface area contributed by atoms with E-state index in [-0.39, 0.29) is 23.5 Å². The van der Waals surface area contributed by atoms with Crippen molar-refractivity contribution >= 4 is 27.3 Å². The van der Waals surface area contributed by atoms with Gasteiger partial charge in [0.05, 0.1) is 17.0 Å². The van der Waals surface area contributed by atoms with Gasteiger partial charge in [0.25, 0.3) is 5.91 Å². The first kappa shape index (κ1) is 20.8. The number of benzene rings is 2. The molecule has 0 atom stereocenters. The van der Waals surface area contributed by atoms with Crippen molar-refractivity contribution in [2.45, 2.75) is 20.0 Å². The maximum absolute atomic E-state index is 12.7. The molecule has 1 amide bonds. The predicted octanol–water partition coefficient (Wildman–Crippen LogP) is 4.13. The maximum Gasteiger partial charge on any atom is 0.416 e. The molecule has 0 bridgehead atoms. The summed E-state index contributed by atoms with van der Waals surface area (Å²) in [6.45, 7) is 3.47. The van der Waals surface area contributed by atoms with Gasteiger partial charge in [0.2, 0.25) is 10.0 Å². The molecule has 0 unspecified atom stereocenters. The van der Waals surface area contributed by atoms with Gasteiger partial charge in [-0.25, -0.2) is 8.42 Å². The van der Waals surface area contributed by atoms with Gasteiger partial charge >= 0.3 is 6.18 Å². The zero-order chi connectivity index (χ0) is 20.2. The second-order valence-electron chi connectivity index (χ2n) is 5.64. The Bertz CT molecular complexity index is 910. The maximum atomic E-state index is 12.7. The van der Waals surface area contributed by atoms with Gasteiger partial charge in [-0.2, -0.15) is 13.2 Å². The van der Waals surface area contributed by atoms with Crippen molar-refractivity contribution in [3.8, 4) is 0 Å². The summed E-state index contributed by atoms with van der Waals surface area (Å²) < 4.78 is 63.6. The Morgan fingerprint density at radius 3 is 2.22 bits per heavy atom. The molecule has 2 aromatic rings. The Morgan fingerprint density at radius 1 is 1.07 bits per heavy atom. The minimum atomic E-state index is -4.50. The summed E-state index contributed by atoms with van der Waals surface area (Å²) in [5.41, 5.74) is -0.238. The number of carbonyl (C=O) groups is 1. The summed E-state index contributed by atoms with van der Waals surface area (Å²) in [7, 11) is -3.44. The number of carbonyl (C=O) groups excluding carboxylic acids is 1. The third-order valence-electron chi connectivity index (χ3n) is 3.85. The molecule has 0 aliphatic rings. The van der Waals surface area contributed by atoms with Crippen molar-refractivity contribution in [3.63, 3.8) is 0 Å². The van der Waals surface area contributed by atoms with E-state index < -0.39 is 27.7 Å². The topological polar surface area (TPSA) is 66.5 Å². The fourth-order valence-corrected chi connectivity index (χ4v) is 3.60. The summed E-state index contributed by atoms with van der Waals surface area (Å²) in [5.74, 6) is -0.652. The lowest BCUT2D eigenvalue weighted by Gasteiger charge is -2.22. The monoisotopic (exact) mass is 400 g/mol. The van der Waals surface area contributed by atoms with E-state index in [4.69, 9.17) is 0 Å². The predicted molar refractivity (Wildman–Crippen MR) is 98.3 cm³/mol. The van der Waals surface area contributed by atoms with E-state index in [2.05, 4.69) is 5.32 Å². The van der Waals surface area contributed by atoms with Crippen LogP contribution < -0.4 is 9.62 Å². The summed E-state index contributed by atoms with van der Waals surface area (Å²) >= 11 is 0. The standard InChI is InChI=1S/C18H19F3N2O3S/c1-3-23(27(25,26)4-2)16-10-8-13(9-11-16)17(24)22-15-7-5-6-14(12-15)18(19,20)21/h5-12H,3-4H2,1-2H3,(H,22,24). The van der Waals surface area contributed by atoms with Crippen LogP contribution in [0.1, 0.15) is 29.8 Å². The molecular formula is C18H19F3N2O3S. The Morgan fingerprint density at radius 2 is 1.70 bits per heavy atom. The van der Waals surface area contributed by atoms with E-state index in [0.717, 1.165) is 12.1 Å². The highest BCUT2D eigenvalue weighted by molar-refractivity contribution is 7.92. The number of halogens is 3. The van der Waals surface area contributed by atoms with Crippen molar-refractivity contribution in [1.82, 2.24) is 0 Å². The summed E-state index contributed by atoms with van der Waals surface area (Å²) in [4.78, 5) is 12.3. The molecule has 0 spiro atoms. The highest BCUT2D eigenvalue weighted by atomic mass is 32.2. The minimum absolute atomic E-state index is 0.0163. The molecule has 146 valence electrons. The molecule has 0 fully saturated rings. The zero-order valence-electron chi connectivity index (χ0n) is 14.7. The lowest BCUT2D eigenvalue weighted by molar-refractivity contribution is -0.137. The lowest BCUT2D eigenvalue weighted by Crippen LogP contribution is -2.32. The van der Waals surface area contributed by atoms with Gasteiger partial charge < -0.3 is 5.32 Å². The molecule has 0 saturated heterocycles. The third kappa shape index (κ3) is 5.00. The van der Waals surface area contributed by atoms with Crippen LogP contribution in [0.15, 0.2) is 48.5 Å². The van der Waals surface area contributed by atoms with E-state index in [1.807, 2.05) is 0 Å². The van der Waals surface area contributed by atoms with Crippen LogP contribution in [-0.2, 0) is 16.2 Å². The largest absolute Gasteiger partial charge is 0.416 e. The SMILES string of the molecule is CCN(c1ccc(C(=O)Nc2cccc(C(F)(F)F)c2)cc1)S(=O)(=O)CC. The third-order valence-corrected chi connectivity index (χ3v) is 5.72. The highest BCUT2D eigenvalue weighted by Gasteiger charge is 2.30. The van der Waals surface area contributed by atoms with E-state index >= 15 is 0 Å². The molecule has 5 nitrogen and oxygen atoms in total. The van der Waals surface area contributed by atoms with Gasteiger partial charge in [-0.15, -0.1) is 0 Å². The molecule has 0 aliphatic heterocycles. The van der Waals surface area contributed by atoms with Crippen molar-refractivity contribution < 1.29 is 26.4 Å². The Hall–Kier alpha value is -2.55. The molecule has 0 heterocycles. The average molecular weight is 400 g/mol. The number of nitrogens with one attached hydrogen (secondary N) is 1. The highest BCUT2D eigenvalue weighted by Crippen LogP contribution is 2.30. The van der Waals surface area contributed by atoms with Gasteiger partial charge in [-0.3, -0.25) is 9.10 Å². The summed E-state index contributed by atoms with van der Waals surface area (Å²) in [6.07, 6.45) is -4.50. The van der Waals surface area contributed by atoms with Crippen LogP contribution in [0.25, 0.3) is 0 Å². The van der Waals surface area contributed by atoms with Gasteiger partial charge in [0, 0.05) is 17.8 Å². The number of nitrogens with zero attached hydrogens (tertiary/aromatic N) is 1. The summed E-state index contributed by atoms with van der Waals surface area (Å²) in [6, 6.07) is 10.1. The van der Waals surface area contributed by atoms with Crippen molar-refractivity contribution in [3.05, 3.63) is 59.7 Å². The fourth-order valence-electron chi connectivity index (χ4n) is 2.45. The van der Waals surface area contributed by atoms with Crippen molar-refractivity contribution in [2.75, 3.05) is 21.9 Å². The number of rotatable bonds is 6. The Labute approximate surface area is 155 Å². The lowest BCUT2D eigenvalue weighted by atomic mass is 10.1. The molecular weight excluding hydrogens is 381 g/mol. The second-order valence-corrected chi connectivity index (χ2v) is 7.83. The number of hydrogen-bond donors (Lipinski definition) is 1. The van der Waals surface area contributed by atoms with Crippen LogP contribution in [0.4, 0.5) is 24.5 Å². The Kier molecular flexibility index (Phi) is 6.15. The minimum Gasteiger partial charge on any atom is -0.322 e. The zero-order valence-corrected chi connectivity index (χ0v) is 15.6. The van der Waals surface area contributed by atoms with Crippen molar-refractivity contribution in [2.24, 2.45) is 0 Å². The van der Waals surface area contributed by atoms with E-state index in [9.17, 15) is 26.4 Å². The first-order valence-corrected chi connectivity index (χ1v) is 9.78. The van der Waals surface area contributed by atoms with Gasteiger partial charge in [-0.05, 0) is 56.3 Å². The molecule has 27 heavy (non-hydrogen) atoms. The summed E-state index contributed by atoms with van der Waals surface area (Å²) in [5, 5.41) is 2.40. The molecule has 0 saturated carbocycles. The number of hydrogen-bond acceptors (Lipinski definition) is 3. The number of anilines is 2. The molecule has 0 radical (unpaired) electrons. The Balaban J connectivity index is 2.19. The first-order valence-electron chi connectivity index (χ1n) is 8.17. The number of sulfonamides is 1. The van der Waals surface area contributed by atoms with Crippen LogP contribution in [0, 0.1) is 0 Å². The molecule has 2 rings (SSSR count). The number of amides is 1. The first-order chi connectivity index (χ1) is 12.6. The smallest absolute Gasteiger partial charge is 0.322 e. The average Bonchev–Trinajstić information content (AvgIpc) is 2.62. The quantitative estimate of drug-likeness (QED) is 0.793. The van der Waals surface area contributed by atoms with E-state index in [0.29, 0.717) is 5.69 Å². The molecule has 0 aromatic heterocycles. The van der Waals surface area contributed by atoms with Crippen LogP contribution in [0.5, 0.6) is 0 Å². The second kappa shape index (κ2) is 7.99. The van der Waals surface area contributed by atoms with Crippen molar-refractivity contribution in [1.29, 1.82) is 0 Å². The normalized spacial score (nSPS) is 11.9. The molecule has 1 N–H and O–H groups in total. The van der Waals surface area contributed by atoms with Crippen LogP contribution in [0.3, 0.4) is 0 Å². The van der Waals surface area contributed by atoms with Gasteiger partial charge in [-0.1, -0.05) is 6.07 Å². The molecule has 9 heteroatoms.